The van der Waals surface area contributed by atoms with Crippen molar-refractivity contribution < 1.29 is 9.53 Å². The van der Waals surface area contributed by atoms with Crippen LogP contribution in [0.2, 0.25) is 0 Å². The molecule has 6 nitrogen and oxygen atoms in total. The molecule has 3 rings (SSSR count). The van der Waals surface area contributed by atoms with Crippen molar-refractivity contribution in [2.45, 2.75) is 46.7 Å². The molecule has 0 atom stereocenters. The second-order valence-corrected chi connectivity index (χ2v) is 8.27. The standard InChI is InChI=1S/C19H30N4O2/c1-19(2,3)13-20-18(24)16-15-12-22(4)8-5-9-23(15)17(21-16)14-6-10-25-11-7-14/h6H,5,7-13H2,1-4H3,(H,20,24). The van der Waals surface area contributed by atoms with Crippen molar-refractivity contribution in [1.82, 2.24) is 19.8 Å². The monoisotopic (exact) mass is 346 g/mol. The maximum Gasteiger partial charge on any atom is 0.271 e. The summed E-state index contributed by atoms with van der Waals surface area (Å²) in [6, 6.07) is 0. The van der Waals surface area contributed by atoms with E-state index in [1.54, 1.807) is 0 Å². The number of fused-ring (bicyclic) bond motifs is 1. The molecule has 0 unspecified atom stereocenters. The van der Waals surface area contributed by atoms with Gasteiger partial charge in [-0.05, 0) is 37.4 Å². The minimum atomic E-state index is -0.0621. The van der Waals surface area contributed by atoms with E-state index in [-0.39, 0.29) is 11.3 Å². The van der Waals surface area contributed by atoms with E-state index in [4.69, 9.17) is 9.72 Å². The third kappa shape index (κ3) is 4.30. The molecule has 2 aliphatic heterocycles. The second kappa shape index (κ2) is 7.30. The van der Waals surface area contributed by atoms with E-state index in [1.165, 1.54) is 5.57 Å². The van der Waals surface area contributed by atoms with Gasteiger partial charge in [0, 0.05) is 19.6 Å². The van der Waals surface area contributed by atoms with Gasteiger partial charge >= 0.3 is 0 Å². The molecule has 1 amide bonds. The van der Waals surface area contributed by atoms with Crippen LogP contribution in [0.5, 0.6) is 0 Å². The Kier molecular flexibility index (Phi) is 5.29. The molecule has 0 radical (unpaired) electrons. The van der Waals surface area contributed by atoms with Gasteiger partial charge in [0.25, 0.3) is 5.91 Å². The lowest BCUT2D eigenvalue weighted by atomic mass is 9.97. The maximum absolute atomic E-state index is 12.8. The highest BCUT2D eigenvalue weighted by Gasteiger charge is 2.27. The first-order valence-corrected chi connectivity index (χ1v) is 9.18. The molecule has 0 saturated carbocycles. The zero-order valence-corrected chi connectivity index (χ0v) is 15.9. The van der Waals surface area contributed by atoms with Crippen LogP contribution < -0.4 is 5.32 Å². The number of ether oxygens (including phenoxy) is 1. The third-order valence-corrected chi connectivity index (χ3v) is 4.66. The van der Waals surface area contributed by atoms with Gasteiger partial charge in [0.15, 0.2) is 5.69 Å². The van der Waals surface area contributed by atoms with Gasteiger partial charge in [-0.15, -0.1) is 0 Å². The van der Waals surface area contributed by atoms with Crippen LogP contribution in [0.15, 0.2) is 6.08 Å². The van der Waals surface area contributed by atoms with E-state index >= 15 is 0 Å². The first-order valence-electron chi connectivity index (χ1n) is 9.18. The number of nitrogens with one attached hydrogen (secondary N) is 1. The Balaban J connectivity index is 1.95. The fourth-order valence-electron chi connectivity index (χ4n) is 3.31. The highest BCUT2D eigenvalue weighted by atomic mass is 16.5. The summed E-state index contributed by atoms with van der Waals surface area (Å²) in [5.74, 6) is 0.891. The van der Waals surface area contributed by atoms with E-state index in [0.29, 0.717) is 18.8 Å². The highest BCUT2D eigenvalue weighted by Crippen LogP contribution is 2.26. The van der Waals surface area contributed by atoms with Gasteiger partial charge < -0.3 is 19.5 Å². The highest BCUT2D eigenvalue weighted by molar-refractivity contribution is 5.94. The van der Waals surface area contributed by atoms with Crippen molar-refractivity contribution >= 4 is 11.5 Å². The van der Waals surface area contributed by atoms with Crippen molar-refractivity contribution in [2.75, 3.05) is 33.4 Å². The summed E-state index contributed by atoms with van der Waals surface area (Å²) in [7, 11) is 2.10. The number of carbonyl (C=O) groups is 1. The zero-order valence-electron chi connectivity index (χ0n) is 15.9. The van der Waals surface area contributed by atoms with Crippen LogP contribution >= 0.6 is 0 Å². The molecule has 6 heteroatoms. The summed E-state index contributed by atoms with van der Waals surface area (Å²) in [4.78, 5) is 19.9. The number of carbonyl (C=O) groups excluding carboxylic acids is 1. The lowest BCUT2D eigenvalue weighted by Crippen LogP contribution is -2.33. The first-order chi connectivity index (χ1) is 11.8. The predicted molar refractivity (Wildman–Crippen MR) is 98.4 cm³/mol. The van der Waals surface area contributed by atoms with Gasteiger partial charge in [0.2, 0.25) is 0 Å². The topological polar surface area (TPSA) is 59.4 Å². The normalized spacial score (nSPS) is 19.1. The Morgan fingerprint density at radius 1 is 1.36 bits per heavy atom. The van der Waals surface area contributed by atoms with Crippen molar-refractivity contribution in [2.24, 2.45) is 5.41 Å². The number of nitrogens with zero attached hydrogens (tertiary/aromatic N) is 3. The molecule has 2 aliphatic rings. The number of amides is 1. The molecule has 3 heterocycles. The van der Waals surface area contributed by atoms with Gasteiger partial charge in [-0.1, -0.05) is 26.8 Å². The molecule has 1 N–H and O–H groups in total. The molecule has 0 aliphatic carbocycles. The van der Waals surface area contributed by atoms with Gasteiger partial charge in [-0.2, -0.15) is 0 Å². The van der Waals surface area contributed by atoms with Crippen molar-refractivity contribution in [3.8, 4) is 0 Å². The molecule has 0 aromatic carbocycles. The minimum Gasteiger partial charge on any atom is -0.377 e. The van der Waals surface area contributed by atoms with E-state index in [0.717, 1.165) is 50.6 Å². The lowest BCUT2D eigenvalue weighted by Gasteiger charge is -2.19. The van der Waals surface area contributed by atoms with Gasteiger partial charge in [0.1, 0.15) is 5.82 Å². The van der Waals surface area contributed by atoms with E-state index < -0.39 is 0 Å². The van der Waals surface area contributed by atoms with Crippen molar-refractivity contribution in [3.63, 3.8) is 0 Å². The van der Waals surface area contributed by atoms with Crippen LogP contribution in [0.4, 0.5) is 0 Å². The Morgan fingerprint density at radius 3 is 2.84 bits per heavy atom. The van der Waals surface area contributed by atoms with Crippen molar-refractivity contribution in [1.29, 1.82) is 0 Å². The summed E-state index contributed by atoms with van der Waals surface area (Å²) >= 11 is 0. The number of imidazole rings is 1. The van der Waals surface area contributed by atoms with Gasteiger partial charge in [-0.3, -0.25) is 4.79 Å². The molecule has 0 bridgehead atoms. The fourth-order valence-corrected chi connectivity index (χ4v) is 3.31. The van der Waals surface area contributed by atoms with E-state index in [9.17, 15) is 4.79 Å². The van der Waals surface area contributed by atoms with Gasteiger partial charge in [0.05, 0.1) is 18.9 Å². The van der Waals surface area contributed by atoms with Crippen LogP contribution in [-0.2, 0) is 17.8 Å². The molecule has 0 fully saturated rings. The molecular weight excluding hydrogens is 316 g/mol. The minimum absolute atomic E-state index is 0.0508. The summed E-state index contributed by atoms with van der Waals surface area (Å²) in [5, 5.41) is 3.06. The van der Waals surface area contributed by atoms with Crippen LogP contribution in [-0.4, -0.2) is 53.7 Å². The second-order valence-electron chi connectivity index (χ2n) is 8.27. The van der Waals surface area contributed by atoms with E-state index in [2.05, 4.69) is 48.7 Å². The lowest BCUT2D eigenvalue weighted by molar-refractivity contribution is 0.0932. The van der Waals surface area contributed by atoms with E-state index in [1.807, 2.05) is 0 Å². The summed E-state index contributed by atoms with van der Waals surface area (Å²) in [6.45, 7) is 11.0. The van der Waals surface area contributed by atoms with Gasteiger partial charge in [-0.25, -0.2) is 4.98 Å². The number of rotatable bonds is 3. The van der Waals surface area contributed by atoms with Crippen LogP contribution in [0, 0.1) is 5.41 Å². The number of hydrogen-bond acceptors (Lipinski definition) is 4. The van der Waals surface area contributed by atoms with Crippen molar-refractivity contribution in [3.05, 3.63) is 23.3 Å². The predicted octanol–water partition coefficient (Wildman–Crippen LogP) is 2.30. The average Bonchev–Trinajstić information content (AvgIpc) is 2.80. The summed E-state index contributed by atoms with van der Waals surface area (Å²) in [5.41, 5.74) is 2.87. The fraction of sp³-hybridized carbons (Fsp3) is 0.684. The van der Waals surface area contributed by atoms with Crippen LogP contribution in [0.25, 0.3) is 5.57 Å². The molecule has 25 heavy (non-hydrogen) atoms. The smallest absolute Gasteiger partial charge is 0.271 e. The van der Waals surface area contributed by atoms with Crippen LogP contribution in [0.1, 0.15) is 55.6 Å². The Morgan fingerprint density at radius 2 is 2.16 bits per heavy atom. The Bertz CT molecular complexity index is 670. The molecule has 1 aromatic rings. The zero-order chi connectivity index (χ0) is 18.0. The number of aromatic nitrogens is 2. The Labute approximate surface area is 150 Å². The molecular formula is C19H30N4O2. The maximum atomic E-state index is 12.8. The molecule has 0 saturated heterocycles. The largest absolute Gasteiger partial charge is 0.377 e. The van der Waals surface area contributed by atoms with Crippen LogP contribution in [0.3, 0.4) is 0 Å². The Hall–Kier alpha value is -1.66. The molecule has 138 valence electrons. The quantitative estimate of drug-likeness (QED) is 0.912. The third-order valence-electron chi connectivity index (χ3n) is 4.66. The SMILES string of the molecule is CN1CCCn2c(C3=CCOCC3)nc(C(=O)NCC(C)(C)C)c2C1. The number of hydrogen-bond donors (Lipinski definition) is 1. The molecule has 1 aromatic heterocycles. The summed E-state index contributed by atoms with van der Waals surface area (Å²) < 4.78 is 7.69. The summed E-state index contributed by atoms with van der Waals surface area (Å²) in [6.07, 6.45) is 4.03. The first kappa shape index (κ1) is 18.1. The average molecular weight is 346 g/mol. The molecule has 0 spiro atoms.